The Morgan fingerprint density at radius 3 is 1.03 bits per heavy atom. The first kappa shape index (κ1) is 122. The van der Waals surface area contributed by atoms with E-state index in [0.29, 0.717) is 5.56 Å². The predicted molar refractivity (Wildman–Crippen MR) is 506 cm³/mol. The minimum atomic E-state index is -2.05. The smallest absolute Gasteiger partial charge is 0.328 e. The van der Waals surface area contributed by atoms with Gasteiger partial charge >= 0.3 is 29.8 Å². The molecule has 55 nitrogen and oxygen atoms in total. The molecular formula is C91H139N23O32. The van der Waals surface area contributed by atoms with E-state index in [1.54, 1.807) is 44.2 Å². The van der Waals surface area contributed by atoms with E-state index in [9.17, 15) is 151 Å². The van der Waals surface area contributed by atoms with Gasteiger partial charge < -0.3 is 154 Å². The van der Waals surface area contributed by atoms with Crippen molar-refractivity contribution in [3.8, 4) is 0 Å². The summed E-state index contributed by atoms with van der Waals surface area (Å²) in [5.74, 6) is -32.1. The molecule has 21 amide bonds. The maximum Gasteiger partial charge on any atom is 0.328 e. The van der Waals surface area contributed by atoms with Gasteiger partial charge in [-0.2, -0.15) is 0 Å². The van der Waals surface area contributed by atoms with Crippen LogP contribution in [0.2, 0.25) is 0 Å². The van der Waals surface area contributed by atoms with Gasteiger partial charge in [0.05, 0.1) is 31.9 Å². The molecule has 0 unspecified atom stereocenters. The summed E-state index contributed by atoms with van der Waals surface area (Å²) in [7, 11) is 0. The SMILES string of the molecule is CC(C)C[C@H](NC(=O)[C@H](CC(=O)O)NC(=O)[C@@H]1CCCN1C(=O)[C@H](CCCCN)NC(=O)[C@H](CCC(=O)O)NC(=O)[C@@H](NC(=O)[C@H](CC(=O)O)NC(=O)[C@@H]1CCCN1C(=O)[C@@H]1CCCN1C(=O)[C@H](CCC(N)=O)NC(=O)[C@@H](N)CC(=O)O)C(C)C)C(=O)N[C@@H](CCC(N)=O)C(=O)N1CCC[C@H]1C(=O)N[C@@H](Cc1ccccc1)C(=O)N[C@@H](CCC(N)=O)C(=O)N[C@H](C(=O)N[C@@H](CCC(N)=O)C(=O)N[C@@H](CO)C(=O)O)C(C)C. The first-order chi connectivity index (χ1) is 68.7. The summed E-state index contributed by atoms with van der Waals surface area (Å²) in [6.07, 6.45) is -8.70. The molecule has 810 valence electrons. The molecule has 0 bridgehead atoms. The van der Waals surface area contributed by atoms with Gasteiger partial charge in [0.2, 0.25) is 124 Å². The van der Waals surface area contributed by atoms with Crippen LogP contribution in [0.5, 0.6) is 0 Å². The Morgan fingerprint density at radius 1 is 0.336 bits per heavy atom. The van der Waals surface area contributed by atoms with Crippen LogP contribution in [0.1, 0.15) is 208 Å². The Morgan fingerprint density at radius 2 is 0.651 bits per heavy atom. The standard InChI is InChI=1S/C91H139N23O32/c1-44(2)38-55(78(132)103-54(26-31-67(97)119)88(142)112-35-13-19-60(112)82(136)105-56(39-47-16-8-7-9-17-47)79(133)98-50(24-29-65(95)117)77(131)109-72(45(3)4)85(139)99-49(23-28-64(94)116)76(130)108-59(43-115)91(145)146)104-80(134)57(41-70(124)125)106-83(137)61-20-12-34-111(61)87(141)52(18-10-11-33-92)102-75(129)51(27-32-68(120)121)100-86(140)73(46(5)6)110-81(135)58(42-71(126)127)107-84(138)62-21-14-36-113(62)90(144)63-22-15-37-114(63)89(143)53(25-30-66(96)118)101-74(128)48(93)40-69(122)123/h7-9,16-17,44-46,48-63,72-73,115H,10-15,18-43,92-93H2,1-6H3,(H2,94,116)(H2,95,117)(H2,96,118)(H2,97,119)(H,98,133)(H,99,139)(H,100,140)(H,101,128)(H,102,129)(H,103,132)(H,104,134)(H,105,136)(H,106,137)(H,107,138)(H,108,130)(H,109,131)(H,110,135)(H,120,121)(H,122,123)(H,124,125)(H,126,127)(H,145,146)/t48-,49-,50-,51-,52-,53-,54-,55-,56-,57-,58-,59-,60-,61-,62-,63-,72-,73-/m0/s1. The number of aliphatic hydroxyl groups is 1. The van der Waals surface area contributed by atoms with Gasteiger partial charge in [0, 0.05) is 64.7 Å². The number of likely N-dealkylation sites (tertiary alicyclic amines) is 4. The molecule has 4 aliphatic rings. The molecule has 31 N–H and O–H groups in total. The van der Waals surface area contributed by atoms with E-state index in [1.165, 1.54) is 27.7 Å². The van der Waals surface area contributed by atoms with E-state index < -0.39 is 364 Å². The van der Waals surface area contributed by atoms with Gasteiger partial charge in [-0.1, -0.05) is 71.9 Å². The maximum atomic E-state index is 15.0. The molecule has 4 heterocycles. The molecule has 1 aromatic rings. The van der Waals surface area contributed by atoms with Crippen molar-refractivity contribution in [1.29, 1.82) is 0 Å². The summed E-state index contributed by atoms with van der Waals surface area (Å²) in [6, 6.07) is -21.9. The zero-order valence-corrected chi connectivity index (χ0v) is 82.2. The fraction of sp³-hybridized carbons (Fsp3) is 0.648. The molecule has 18 atom stereocenters. The van der Waals surface area contributed by atoms with E-state index in [-0.39, 0.29) is 123 Å². The molecule has 1 aromatic carbocycles. The molecule has 4 fully saturated rings. The molecule has 5 rings (SSSR count). The minimum Gasteiger partial charge on any atom is -0.481 e. The second kappa shape index (κ2) is 59.5. The number of primary amides is 4. The van der Waals surface area contributed by atoms with Crippen LogP contribution in [-0.4, -0.2) is 352 Å². The molecule has 0 radical (unpaired) electrons. The minimum absolute atomic E-state index is 0.0377. The normalized spacial score (nSPS) is 18.3. The molecular weight excluding hydrogens is 1930 g/mol. The second-order valence-corrected chi connectivity index (χ2v) is 37.4. The molecule has 0 spiro atoms. The zero-order valence-electron chi connectivity index (χ0n) is 82.2. The van der Waals surface area contributed by atoms with Gasteiger partial charge in [0.1, 0.15) is 103 Å². The number of unbranched alkanes of at least 4 members (excludes halogenated alkanes) is 1. The lowest BCUT2D eigenvalue weighted by atomic mass is 10.00. The number of hydrogen-bond acceptors (Lipinski definition) is 29. The summed E-state index contributed by atoms with van der Waals surface area (Å²) >= 11 is 0. The average Bonchev–Trinajstić information content (AvgIpc) is 1.64. The highest BCUT2D eigenvalue weighted by molar-refractivity contribution is 6.04. The maximum absolute atomic E-state index is 15.0. The largest absolute Gasteiger partial charge is 0.481 e. The van der Waals surface area contributed by atoms with Gasteiger partial charge in [-0.25, -0.2) is 4.79 Å². The van der Waals surface area contributed by atoms with Crippen molar-refractivity contribution >= 4 is 154 Å². The first-order valence-electron chi connectivity index (χ1n) is 48.2. The number of rotatable bonds is 63. The fourth-order valence-corrected chi connectivity index (χ4v) is 17.0. The molecule has 0 aromatic heterocycles. The number of carboxylic acid groups (broad SMARTS) is 5. The highest BCUT2D eigenvalue weighted by Gasteiger charge is 2.48. The van der Waals surface area contributed by atoms with Crippen LogP contribution in [-0.2, 0) is 131 Å². The van der Waals surface area contributed by atoms with Crippen LogP contribution in [0.25, 0.3) is 0 Å². The summed E-state index contributed by atoms with van der Waals surface area (Å²) < 4.78 is 0. The molecule has 0 aliphatic carbocycles. The average molecular weight is 2070 g/mol. The second-order valence-electron chi connectivity index (χ2n) is 37.4. The number of benzene rings is 1. The van der Waals surface area contributed by atoms with E-state index in [2.05, 4.69) is 63.8 Å². The summed E-state index contributed by atoms with van der Waals surface area (Å²) in [5.41, 5.74) is 33.7. The Hall–Kier alpha value is -14.7. The van der Waals surface area contributed by atoms with Crippen molar-refractivity contribution in [2.24, 2.45) is 52.2 Å². The number of nitrogens with zero attached hydrogens (tertiary/aromatic N) is 4. The van der Waals surface area contributed by atoms with E-state index in [0.717, 1.165) is 19.6 Å². The van der Waals surface area contributed by atoms with E-state index in [4.69, 9.17) is 34.4 Å². The monoisotopic (exact) mass is 2070 g/mol. The van der Waals surface area contributed by atoms with E-state index >= 15 is 4.79 Å². The number of carbonyl (C=O) groups is 26. The molecule has 146 heavy (non-hydrogen) atoms. The summed E-state index contributed by atoms with van der Waals surface area (Å²) in [5, 5.41) is 89.7. The van der Waals surface area contributed by atoms with E-state index in [1.807, 2.05) is 5.32 Å². The predicted octanol–water partition coefficient (Wildman–Crippen LogP) is -9.26. The van der Waals surface area contributed by atoms with Gasteiger partial charge in [-0.3, -0.25) is 120 Å². The quantitative estimate of drug-likeness (QED) is 0.0269. The molecule has 55 heteroatoms. The lowest BCUT2D eigenvalue weighted by Gasteiger charge is -2.33. The summed E-state index contributed by atoms with van der Waals surface area (Å²) in [6.45, 7) is 7.43. The Kier molecular flexibility index (Phi) is 49.7. The van der Waals surface area contributed by atoms with Crippen molar-refractivity contribution in [3.05, 3.63) is 35.9 Å². The third-order valence-electron chi connectivity index (χ3n) is 24.7. The van der Waals surface area contributed by atoms with Crippen LogP contribution in [0.3, 0.4) is 0 Å². The molecule has 4 saturated heterocycles. The lowest BCUT2D eigenvalue weighted by Crippen LogP contribution is -2.61. The van der Waals surface area contributed by atoms with Crippen molar-refractivity contribution < 1.29 is 155 Å². The number of nitrogens with one attached hydrogen (secondary N) is 13. The fourth-order valence-electron chi connectivity index (χ4n) is 17.0. The molecule has 4 aliphatic heterocycles. The zero-order chi connectivity index (χ0) is 109. The van der Waals surface area contributed by atoms with Crippen molar-refractivity contribution in [2.45, 2.75) is 317 Å². The number of aliphatic carboxylic acids is 5. The van der Waals surface area contributed by atoms with Crippen molar-refractivity contribution in [1.82, 2.24) is 88.7 Å². The number of carbonyl (C=O) groups excluding carboxylic acids is 21. The highest BCUT2D eigenvalue weighted by atomic mass is 16.4. The van der Waals surface area contributed by atoms with Gasteiger partial charge in [0.25, 0.3) is 0 Å². The van der Waals surface area contributed by atoms with Crippen molar-refractivity contribution in [3.63, 3.8) is 0 Å². The van der Waals surface area contributed by atoms with Crippen LogP contribution < -0.4 is 104 Å². The Bertz CT molecular complexity index is 4890. The highest BCUT2D eigenvalue weighted by Crippen LogP contribution is 2.29. The van der Waals surface area contributed by atoms with Crippen LogP contribution in [0.4, 0.5) is 0 Å². The van der Waals surface area contributed by atoms with Crippen LogP contribution in [0.15, 0.2) is 30.3 Å². The Labute approximate surface area is 839 Å². The molecule has 0 saturated carbocycles. The number of amides is 21. The summed E-state index contributed by atoms with van der Waals surface area (Å²) in [4.78, 5) is 357. The van der Waals surface area contributed by atoms with Gasteiger partial charge in [-0.05, 0) is 139 Å². The third kappa shape index (κ3) is 39.1. The number of aliphatic hydroxyl groups excluding tert-OH is 1. The van der Waals surface area contributed by atoms with Crippen LogP contribution in [0, 0.1) is 17.8 Å². The first-order valence-corrected chi connectivity index (χ1v) is 48.2. The number of hydrogen-bond donors (Lipinski definition) is 25. The van der Waals surface area contributed by atoms with Crippen molar-refractivity contribution in [2.75, 3.05) is 39.3 Å². The topological polar surface area (TPSA) is 891 Å². The number of nitrogens with two attached hydrogens (primary N) is 6. The third-order valence-corrected chi connectivity index (χ3v) is 24.7. The van der Waals surface area contributed by atoms with Crippen LogP contribution >= 0.6 is 0 Å². The van der Waals surface area contributed by atoms with Gasteiger partial charge in [0.15, 0.2) is 0 Å². The Balaban J connectivity index is 1.34. The lowest BCUT2D eigenvalue weighted by molar-refractivity contribution is -0.148. The number of carboxylic acids is 5. The van der Waals surface area contributed by atoms with Gasteiger partial charge in [-0.15, -0.1) is 0 Å².